The van der Waals surface area contributed by atoms with E-state index in [1.54, 1.807) is 0 Å². The summed E-state index contributed by atoms with van der Waals surface area (Å²) in [5.41, 5.74) is 0. The van der Waals surface area contributed by atoms with Crippen LogP contribution in [0.1, 0.15) is 34.6 Å². The maximum atomic E-state index is 2.60. The zero-order chi connectivity index (χ0) is 10.9. The van der Waals surface area contributed by atoms with E-state index in [9.17, 15) is 0 Å². The zero-order valence-electron chi connectivity index (χ0n) is 10.0. The van der Waals surface area contributed by atoms with Crippen LogP contribution >= 0.6 is 22.6 Å². The van der Waals surface area contributed by atoms with E-state index in [0.29, 0.717) is 15.6 Å². The second-order valence-electron chi connectivity index (χ2n) is 5.04. The fraction of sp³-hybridized carbons (Fsp3) is 1.00. The molecule has 1 saturated heterocycles. The minimum absolute atomic E-state index is 0.301. The number of halogens is 1. The first-order valence-electron chi connectivity index (χ1n) is 5.52. The van der Waals surface area contributed by atoms with E-state index in [1.807, 2.05) is 0 Å². The molecule has 1 aliphatic heterocycles. The molecular formula is C11H23IN2. The maximum absolute atomic E-state index is 2.60. The Morgan fingerprint density at radius 2 is 1.86 bits per heavy atom. The predicted molar refractivity (Wildman–Crippen MR) is 71.0 cm³/mol. The van der Waals surface area contributed by atoms with Crippen LogP contribution in [0.15, 0.2) is 0 Å². The predicted octanol–water partition coefficient (Wildman–Crippen LogP) is 2.57. The van der Waals surface area contributed by atoms with Gasteiger partial charge in [-0.05, 0) is 34.6 Å². The van der Waals surface area contributed by atoms with Gasteiger partial charge in [-0.25, -0.2) is 0 Å². The molecule has 0 bridgehead atoms. The normalized spacial score (nSPS) is 27.2. The molecule has 1 aliphatic rings. The van der Waals surface area contributed by atoms with Gasteiger partial charge in [-0.15, -0.1) is 0 Å². The molecule has 1 rings (SSSR count). The van der Waals surface area contributed by atoms with Crippen molar-refractivity contribution >= 4 is 22.6 Å². The summed E-state index contributed by atoms with van der Waals surface area (Å²) in [6.07, 6.45) is 0. The van der Waals surface area contributed by atoms with Crippen molar-refractivity contribution in [2.24, 2.45) is 0 Å². The highest BCUT2D eigenvalue weighted by molar-refractivity contribution is 14.1. The van der Waals surface area contributed by atoms with E-state index in [1.165, 1.54) is 19.6 Å². The lowest BCUT2D eigenvalue weighted by Crippen LogP contribution is -2.57. The van der Waals surface area contributed by atoms with Crippen molar-refractivity contribution in [1.29, 1.82) is 0 Å². The lowest BCUT2D eigenvalue weighted by molar-refractivity contribution is 0.0405. The van der Waals surface area contributed by atoms with Gasteiger partial charge in [-0.1, -0.05) is 22.6 Å². The maximum Gasteiger partial charge on any atom is 0.0674 e. The molecule has 0 aromatic heterocycles. The molecule has 84 valence electrons. The average Bonchev–Trinajstić information content (AvgIpc) is 2.01. The van der Waals surface area contributed by atoms with E-state index in [0.717, 1.165) is 0 Å². The molecule has 0 amide bonds. The summed E-state index contributed by atoms with van der Waals surface area (Å²) in [7, 11) is 0. The van der Waals surface area contributed by atoms with E-state index >= 15 is 0 Å². The number of nitrogens with zero attached hydrogens (tertiary/aromatic N) is 2. The summed E-state index contributed by atoms with van der Waals surface area (Å²) in [5.74, 6) is 0. The van der Waals surface area contributed by atoms with E-state index < -0.39 is 0 Å². The van der Waals surface area contributed by atoms with Crippen molar-refractivity contribution in [3.05, 3.63) is 0 Å². The molecule has 14 heavy (non-hydrogen) atoms. The molecule has 1 atom stereocenters. The third kappa shape index (κ3) is 3.07. The minimum Gasteiger partial charge on any atom is -0.296 e. The van der Waals surface area contributed by atoms with Gasteiger partial charge >= 0.3 is 0 Å². The molecule has 3 heteroatoms. The molecule has 0 aromatic carbocycles. The third-order valence-electron chi connectivity index (χ3n) is 3.09. The average molecular weight is 310 g/mol. The Labute approximate surface area is 102 Å². The van der Waals surface area contributed by atoms with Crippen LogP contribution in [0.25, 0.3) is 0 Å². The molecule has 0 spiro atoms. The van der Waals surface area contributed by atoms with Crippen molar-refractivity contribution < 1.29 is 0 Å². The Morgan fingerprint density at radius 3 is 2.21 bits per heavy atom. The third-order valence-corrected chi connectivity index (χ3v) is 3.78. The first-order valence-corrected chi connectivity index (χ1v) is 6.60. The van der Waals surface area contributed by atoms with Gasteiger partial charge in [0.2, 0.25) is 0 Å². The number of piperazine rings is 1. The molecule has 0 radical (unpaired) electrons. The number of hydrogen-bond donors (Lipinski definition) is 0. The van der Waals surface area contributed by atoms with Crippen LogP contribution in [0, 0.1) is 0 Å². The van der Waals surface area contributed by atoms with Crippen LogP contribution in [-0.4, -0.2) is 45.1 Å². The number of alkyl halides is 1. The van der Waals surface area contributed by atoms with Crippen molar-refractivity contribution in [3.8, 4) is 0 Å². The number of rotatable bonds is 2. The Hall–Kier alpha value is 0.650. The smallest absolute Gasteiger partial charge is 0.0674 e. The van der Waals surface area contributed by atoms with Gasteiger partial charge in [0.05, 0.1) is 3.55 Å². The summed E-state index contributed by atoms with van der Waals surface area (Å²) in [6, 6.07) is 1.38. The first kappa shape index (κ1) is 12.7. The van der Waals surface area contributed by atoms with Crippen LogP contribution in [0.4, 0.5) is 0 Å². The molecule has 0 N–H and O–H groups in total. The largest absolute Gasteiger partial charge is 0.296 e. The molecule has 0 aromatic rings. The Kier molecular flexibility index (Phi) is 4.23. The standard InChI is InChI=1S/C11H23IN2/c1-9(2)14-7-6-13(8-10(14)3)11(4,5)12/h9-10H,6-8H2,1-5H3/t10-/m1/s1. The molecule has 1 heterocycles. The lowest BCUT2D eigenvalue weighted by atomic mass is 10.1. The first-order chi connectivity index (χ1) is 6.32. The molecule has 0 unspecified atom stereocenters. The van der Waals surface area contributed by atoms with Gasteiger partial charge in [0.25, 0.3) is 0 Å². The summed E-state index contributed by atoms with van der Waals surface area (Å²) in [5, 5.41) is 0. The van der Waals surface area contributed by atoms with Gasteiger partial charge in [-0.3, -0.25) is 9.80 Å². The van der Waals surface area contributed by atoms with Crippen LogP contribution in [0.5, 0.6) is 0 Å². The van der Waals surface area contributed by atoms with Crippen LogP contribution in [-0.2, 0) is 0 Å². The molecular weight excluding hydrogens is 287 g/mol. The fourth-order valence-electron chi connectivity index (χ4n) is 2.22. The molecule has 2 nitrogen and oxygen atoms in total. The summed E-state index contributed by atoms with van der Waals surface area (Å²) < 4.78 is 0.301. The van der Waals surface area contributed by atoms with Crippen LogP contribution in [0.2, 0.25) is 0 Å². The van der Waals surface area contributed by atoms with E-state index in [2.05, 4.69) is 67.0 Å². The highest BCUT2D eigenvalue weighted by atomic mass is 127. The highest BCUT2D eigenvalue weighted by Gasteiger charge is 2.31. The fourth-order valence-corrected chi connectivity index (χ4v) is 2.66. The Balaban J connectivity index is 2.55. The van der Waals surface area contributed by atoms with Crippen molar-refractivity contribution in [2.75, 3.05) is 19.6 Å². The van der Waals surface area contributed by atoms with E-state index in [-0.39, 0.29) is 0 Å². The second-order valence-corrected chi connectivity index (χ2v) is 7.68. The highest BCUT2D eigenvalue weighted by Crippen LogP contribution is 2.26. The minimum atomic E-state index is 0.301. The topological polar surface area (TPSA) is 6.48 Å². The molecule has 0 saturated carbocycles. The van der Waals surface area contributed by atoms with Crippen LogP contribution < -0.4 is 0 Å². The quantitative estimate of drug-likeness (QED) is 0.439. The summed E-state index contributed by atoms with van der Waals surface area (Å²) >= 11 is 2.54. The summed E-state index contributed by atoms with van der Waals surface area (Å²) in [6.45, 7) is 15.1. The van der Waals surface area contributed by atoms with Crippen molar-refractivity contribution in [1.82, 2.24) is 9.80 Å². The lowest BCUT2D eigenvalue weighted by Gasteiger charge is -2.46. The summed E-state index contributed by atoms with van der Waals surface area (Å²) in [4.78, 5) is 5.18. The van der Waals surface area contributed by atoms with E-state index in [4.69, 9.17) is 0 Å². The van der Waals surface area contributed by atoms with Gasteiger partial charge in [0.1, 0.15) is 0 Å². The molecule has 0 aliphatic carbocycles. The van der Waals surface area contributed by atoms with Gasteiger partial charge < -0.3 is 0 Å². The monoisotopic (exact) mass is 310 g/mol. The zero-order valence-corrected chi connectivity index (χ0v) is 12.2. The molecule has 1 fully saturated rings. The van der Waals surface area contributed by atoms with Crippen molar-refractivity contribution in [3.63, 3.8) is 0 Å². The Morgan fingerprint density at radius 1 is 1.29 bits per heavy atom. The Bertz CT molecular complexity index is 186. The van der Waals surface area contributed by atoms with Gasteiger partial charge in [0.15, 0.2) is 0 Å². The van der Waals surface area contributed by atoms with Gasteiger partial charge in [-0.2, -0.15) is 0 Å². The SMILES string of the molecule is CC(C)N1CCN(C(C)(C)I)C[C@H]1C. The van der Waals surface area contributed by atoms with Crippen LogP contribution in [0.3, 0.4) is 0 Å². The number of hydrogen-bond acceptors (Lipinski definition) is 2. The van der Waals surface area contributed by atoms with Gasteiger partial charge in [0, 0.05) is 31.7 Å². The second kappa shape index (κ2) is 4.66. The van der Waals surface area contributed by atoms with Crippen molar-refractivity contribution in [2.45, 2.75) is 50.2 Å².